The van der Waals surface area contributed by atoms with E-state index in [1.165, 1.54) is 0 Å². The Bertz CT molecular complexity index is 327. The molecule has 1 aromatic rings. The van der Waals surface area contributed by atoms with Crippen molar-refractivity contribution in [1.29, 1.82) is 0 Å². The predicted octanol–water partition coefficient (Wildman–Crippen LogP) is 2.13. The molecule has 0 saturated carbocycles. The monoisotopic (exact) mass is 240 g/mol. The zero-order valence-corrected chi connectivity index (χ0v) is 9.96. The number of morpholine rings is 1. The summed E-state index contributed by atoms with van der Waals surface area (Å²) in [4.78, 5) is 0. The Morgan fingerprint density at radius 2 is 2.44 bits per heavy atom. The van der Waals surface area contributed by atoms with Crippen LogP contribution in [0.2, 0.25) is 5.02 Å². The van der Waals surface area contributed by atoms with Gasteiger partial charge in [-0.05, 0) is 24.6 Å². The normalized spacial score (nSPS) is 20.7. The van der Waals surface area contributed by atoms with Crippen LogP contribution in [-0.2, 0) is 4.74 Å². The number of ether oxygens (including phenoxy) is 1. The molecule has 0 amide bonds. The summed E-state index contributed by atoms with van der Waals surface area (Å²) >= 11 is 5.90. The third-order valence-electron chi connectivity index (χ3n) is 2.62. The van der Waals surface area contributed by atoms with Gasteiger partial charge in [0.2, 0.25) is 0 Å². The fourth-order valence-electron chi connectivity index (χ4n) is 1.78. The fourth-order valence-corrected chi connectivity index (χ4v) is 1.97. The van der Waals surface area contributed by atoms with Gasteiger partial charge in [0.15, 0.2) is 0 Å². The van der Waals surface area contributed by atoms with Gasteiger partial charge in [-0.25, -0.2) is 0 Å². The molecular weight excluding hydrogens is 224 g/mol. The summed E-state index contributed by atoms with van der Waals surface area (Å²) in [7, 11) is 0. The molecule has 88 valence electrons. The van der Waals surface area contributed by atoms with Crippen LogP contribution in [0, 0.1) is 0 Å². The molecule has 1 atom stereocenters. The number of anilines is 1. The van der Waals surface area contributed by atoms with Crippen LogP contribution in [0.25, 0.3) is 0 Å². The molecule has 0 spiro atoms. The smallest absolute Gasteiger partial charge is 0.0716 e. The second-order valence-corrected chi connectivity index (χ2v) is 4.36. The van der Waals surface area contributed by atoms with E-state index >= 15 is 0 Å². The SMILES string of the molecule is Clc1cccc(NCCC2CNCCO2)c1. The van der Waals surface area contributed by atoms with Gasteiger partial charge >= 0.3 is 0 Å². The molecule has 1 unspecified atom stereocenters. The number of hydrogen-bond donors (Lipinski definition) is 2. The Morgan fingerprint density at radius 3 is 3.19 bits per heavy atom. The minimum absolute atomic E-state index is 0.334. The lowest BCUT2D eigenvalue weighted by molar-refractivity contribution is 0.0258. The first kappa shape index (κ1) is 11.7. The molecule has 1 fully saturated rings. The molecular formula is C12H17ClN2O. The number of nitrogens with one attached hydrogen (secondary N) is 2. The van der Waals surface area contributed by atoms with Gasteiger partial charge in [0.25, 0.3) is 0 Å². The quantitative estimate of drug-likeness (QED) is 0.846. The third kappa shape index (κ3) is 3.67. The molecule has 1 aromatic carbocycles. The topological polar surface area (TPSA) is 33.3 Å². The minimum Gasteiger partial charge on any atom is -0.385 e. The summed E-state index contributed by atoms with van der Waals surface area (Å²) in [5.41, 5.74) is 1.07. The van der Waals surface area contributed by atoms with Crippen molar-refractivity contribution in [3.05, 3.63) is 29.3 Å². The van der Waals surface area contributed by atoms with Gasteiger partial charge in [-0.15, -0.1) is 0 Å². The van der Waals surface area contributed by atoms with Crippen molar-refractivity contribution >= 4 is 17.3 Å². The van der Waals surface area contributed by atoms with E-state index in [1.807, 2.05) is 24.3 Å². The molecule has 3 nitrogen and oxygen atoms in total. The number of benzene rings is 1. The second kappa shape index (κ2) is 6.09. The highest BCUT2D eigenvalue weighted by Crippen LogP contribution is 2.15. The molecule has 1 saturated heterocycles. The Kier molecular flexibility index (Phi) is 4.45. The van der Waals surface area contributed by atoms with Crippen LogP contribution in [0.3, 0.4) is 0 Å². The van der Waals surface area contributed by atoms with Crippen molar-refractivity contribution in [2.24, 2.45) is 0 Å². The first-order chi connectivity index (χ1) is 7.84. The standard InChI is InChI=1S/C12H17ClN2O/c13-10-2-1-3-11(8-10)15-5-4-12-9-14-6-7-16-12/h1-3,8,12,14-15H,4-7,9H2. The molecule has 1 aliphatic rings. The maximum absolute atomic E-state index is 5.90. The van der Waals surface area contributed by atoms with Gasteiger partial charge in [0.05, 0.1) is 12.7 Å². The lowest BCUT2D eigenvalue weighted by atomic mass is 10.2. The number of rotatable bonds is 4. The summed E-state index contributed by atoms with van der Waals surface area (Å²) in [5.74, 6) is 0. The van der Waals surface area contributed by atoms with Crippen molar-refractivity contribution in [2.45, 2.75) is 12.5 Å². The average molecular weight is 241 g/mol. The van der Waals surface area contributed by atoms with Gasteiger partial charge < -0.3 is 15.4 Å². The minimum atomic E-state index is 0.334. The van der Waals surface area contributed by atoms with Gasteiger partial charge in [0.1, 0.15) is 0 Å². The Balaban J connectivity index is 1.71. The van der Waals surface area contributed by atoms with Crippen LogP contribution in [0.5, 0.6) is 0 Å². The zero-order chi connectivity index (χ0) is 11.2. The van der Waals surface area contributed by atoms with Crippen LogP contribution in [0.4, 0.5) is 5.69 Å². The van der Waals surface area contributed by atoms with Crippen LogP contribution in [0.15, 0.2) is 24.3 Å². The van der Waals surface area contributed by atoms with Gasteiger partial charge in [-0.1, -0.05) is 17.7 Å². The van der Waals surface area contributed by atoms with Crippen molar-refractivity contribution in [3.8, 4) is 0 Å². The van der Waals surface area contributed by atoms with E-state index in [1.54, 1.807) is 0 Å². The highest BCUT2D eigenvalue weighted by molar-refractivity contribution is 6.30. The Hall–Kier alpha value is -0.770. The first-order valence-electron chi connectivity index (χ1n) is 5.66. The summed E-state index contributed by atoms with van der Waals surface area (Å²) in [6.07, 6.45) is 1.35. The number of hydrogen-bond acceptors (Lipinski definition) is 3. The summed E-state index contributed by atoms with van der Waals surface area (Å²) < 4.78 is 5.61. The molecule has 2 N–H and O–H groups in total. The molecule has 0 radical (unpaired) electrons. The lowest BCUT2D eigenvalue weighted by Crippen LogP contribution is -2.39. The van der Waals surface area contributed by atoms with Crippen LogP contribution >= 0.6 is 11.6 Å². The van der Waals surface area contributed by atoms with Gasteiger partial charge in [-0.2, -0.15) is 0 Å². The third-order valence-corrected chi connectivity index (χ3v) is 2.86. The maximum atomic E-state index is 5.90. The predicted molar refractivity (Wildman–Crippen MR) is 67.2 cm³/mol. The van der Waals surface area contributed by atoms with E-state index in [9.17, 15) is 0 Å². The summed E-state index contributed by atoms with van der Waals surface area (Å²) in [5, 5.41) is 7.42. The van der Waals surface area contributed by atoms with E-state index in [0.717, 1.165) is 43.4 Å². The molecule has 0 bridgehead atoms. The zero-order valence-electron chi connectivity index (χ0n) is 9.21. The van der Waals surface area contributed by atoms with E-state index < -0.39 is 0 Å². The van der Waals surface area contributed by atoms with Crippen molar-refractivity contribution < 1.29 is 4.74 Å². The van der Waals surface area contributed by atoms with E-state index in [2.05, 4.69) is 10.6 Å². The van der Waals surface area contributed by atoms with Crippen LogP contribution in [0.1, 0.15) is 6.42 Å². The molecule has 0 aliphatic carbocycles. The van der Waals surface area contributed by atoms with Crippen LogP contribution < -0.4 is 10.6 Å². The molecule has 0 aromatic heterocycles. The highest BCUT2D eigenvalue weighted by atomic mass is 35.5. The summed E-state index contributed by atoms with van der Waals surface area (Å²) in [6, 6.07) is 7.78. The van der Waals surface area contributed by atoms with E-state index in [4.69, 9.17) is 16.3 Å². The summed E-state index contributed by atoms with van der Waals surface area (Å²) in [6.45, 7) is 3.66. The van der Waals surface area contributed by atoms with Crippen molar-refractivity contribution in [2.75, 3.05) is 31.6 Å². The van der Waals surface area contributed by atoms with Crippen molar-refractivity contribution in [3.63, 3.8) is 0 Å². The maximum Gasteiger partial charge on any atom is 0.0716 e. The fraction of sp³-hybridized carbons (Fsp3) is 0.500. The first-order valence-corrected chi connectivity index (χ1v) is 6.04. The lowest BCUT2D eigenvalue weighted by Gasteiger charge is -2.23. The molecule has 2 rings (SSSR count). The highest BCUT2D eigenvalue weighted by Gasteiger charge is 2.12. The van der Waals surface area contributed by atoms with Gasteiger partial charge in [0, 0.05) is 30.3 Å². The van der Waals surface area contributed by atoms with E-state index in [-0.39, 0.29) is 0 Å². The Labute approximate surface area is 101 Å². The Morgan fingerprint density at radius 1 is 1.50 bits per heavy atom. The average Bonchev–Trinajstić information content (AvgIpc) is 2.30. The molecule has 16 heavy (non-hydrogen) atoms. The van der Waals surface area contributed by atoms with Gasteiger partial charge in [-0.3, -0.25) is 0 Å². The van der Waals surface area contributed by atoms with Crippen molar-refractivity contribution in [1.82, 2.24) is 5.32 Å². The van der Waals surface area contributed by atoms with Crippen LogP contribution in [-0.4, -0.2) is 32.3 Å². The number of halogens is 1. The second-order valence-electron chi connectivity index (χ2n) is 3.92. The molecule has 1 heterocycles. The largest absolute Gasteiger partial charge is 0.385 e. The molecule has 4 heteroatoms. The van der Waals surface area contributed by atoms with E-state index in [0.29, 0.717) is 6.10 Å². The molecule has 1 aliphatic heterocycles.